The first-order valence-electron chi connectivity index (χ1n) is 7.10. The molecule has 10 nitrogen and oxygen atoms in total. The van der Waals surface area contributed by atoms with Gasteiger partial charge >= 0.3 is 5.69 Å². The summed E-state index contributed by atoms with van der Waals surface area (Å²) in [5, 5.41) is 14.5. The molecule has 2 aromatic heterocycles. The normalized spacial score (nSPS) is 10.3. The van der Waals surface area contributed by atoms with Crippen LogP contribution in [0.1, 0.15) is 0 Å². The van der Waals surface area contributed by atoms with E-state index in [1.165, 1.54) is 37.6 Å². The molecule has 25 heavy (non-hydrogen) atoms. The van der Waals surface area contributed by atoms with E-state index in [0.717, 1.165) is 0 Å². The zero-order valence-corrected chi connectivity index (χ0v) is 13.4. The highest BCUT2D eigenvalue weighted by molar-refractivity contribution is 5.74. The van der Waals surface area contributed by atoms with E-state index in [4.69, 9.17) is 9.47 Å². The van der Waals surface area contributed by atoms with Crippen molar-refractivity contribution in [3.05, 3.63) is 53.4 Å². The van der Waals surface area contributed by atoms with E-state index in [1.807, 2.05) is 0 Å². The lowest BCUT2D eigenvalue weighted by Crippen LogP contribution is -2.07. The molecule has 1 aromatic carbocycles. The summed E-state index contributed by atoms with van der Waals surface area (Å²) in [5.41, 5.74) is 0.186. The van der Waals surface area contributed by atoms with E-state index in [9.17, 15) is 10.1 Å². The molecule has 0 bridgehead atoms. The van der Waals surface area contributed by atoms with E-state index in [1.54, 1.807) is 24.4 Å². The van der Waals surface area contributed by atoms with Crippen LogP contribution in [-0.4, -0.2) is 38.7 Å². The maximum absolute atomic E-state index is 11.6. The fourth-order valence-electron chi connectivity index (χ4n) is 2.24. The van der Waals surface area contributed by atoms with Gasteiger partial charge in [-0.15, -0.1) is 0 Å². The SMILES string of the molecule is COc1ccc(OC)c(Nc2ncnc(-n3ccnc3)c2[N+](=O)[O-])c1. The highest BCUT2D eigenvalue weighted by Crippen LogP contribution is 2.35. The summed E-state index contributed by atoms with van der Waals surface area (Å²) in [4.78, 5) is 22.9. The van der Waals surface area contributed by atoms with Gasteiger partial charge in [0.1, 0.15) is 24.2 Å². The predicted molar refractivity (Wildman–Crippen MR) is 88.6 cm³/mol. The number of rotatable bonds is 6. The Hall–Kier alpha value is -3.69. The number of nitro groups is 1. The lowest BCUT2D eigenvalue weighted by atomic mass is 10.2. The molecule has 0 saturated heterocycles. The van der Waals surface area contributed by atoms with Crippen LogP contribution in [0.15, 0.2) is 43.2 Å². The molecule has 0 aliphatic rings. The van der Waals surface area contributed by atoms with Crippen LogP contribution in [0.3, 0.4) is 0 Å². The second-order valence-electron chi connectivity index (χ2n) is 4.81. The third-order valence-corrected chi connectivity index (χ3v) is 3.39. The minimum atomic E-state index is -0.551. The first-order valence-corrected chi connectivity index (χ1v) is 7.10. The molecule has 3 rings (SSSR count). The maximum atomic E-state index is 11.6. The number of nitrogens with zero attached hydrogens (tertiary/aromatic N) is 5. The average Bonchev–Trinajstić information content (AvgIpc) is 3.15. The van der Waals surface area contributed by atoms with Crippen molar-refractivity contribution in [1.82, 2.24) is 19.5 Å². The topological polar surface area (TPSA) is 117 Å². The van der Waals surface area contributed by atoms with Crippen LogP contribution in [0.4, 0.5) is 17.2 Å². The molecule has 3 aromatic rings. The third-order valence-electron chi connectivity index (χ3n) is 3.39. The Labute approximate surface area is 142 Å². The van der Waals surface area contributed by atoms with Crippen LogP contribution in [0.5, 0.6) is 11.5 Å². The van der Waals surface area contributed by atoms with E-state index >= 15 is 0 Å². The van der Waals surface area contributed by atoms with Gasteiger partial charge < -0.3 is 14.8 Å². The highest BCUT2D eigenvalue weighted by Gasteiger charge is 2.25. The van der Waals surface area contributed by atoms with Crippen molar-refractivity contribution >= 4 is 17.2 Å². The number of imidazole rings is 1. The highest BCUT2D eigenvalue weighted by atomic mass is 16.6. The number of anilines is 2. The smallest absolute Gasteiger partial charge is 0.354 e. The maximum Gasteiger partial charge on any atom is 0.354 e. The zero-order valence-electron chi connectivity index (χ0n) is 13.4. The number of hydrogen-bond acceptors (Lipinski definition) is 8. The second-order valence-corrected chi connectivity index (χ2v) is 4.81. The molecule has 0 aliphatic heterocycles. The van der Waals surface area contributed by atoms with Crippen molar-refractivity contribution < 1.29 is 14.4 Å². The fraction of sp³-hybridized carbons (Fsp3) is 0.133. The molecular formula is C15H14N6O4. The number of ether oxygens (including phenoxy) is 2. The van der Waals surface area contributed by atoms with Crippen LogP contribution < -0.4 is 14.8 Å². The molecule has 10 heteroatoms. The molecule has 128 valence electrons. The van der Waals surface area contributed by atoms with Gasteiger partial charge in [0.2, 0.25) is 11.6 Å². The van der Waals surface area contributed by atoms with Crippen LogP contribution in [0, 0.1) is 10.1 Å². The van der Waals surface area contributed by atoms with Crippen molar-refractivity contribution in [2.24, 2.45) is 0 Å². The number of aromatic nitrogens is 4. The molecule has 0 atom stereocenters. The lowest BCUT2D eigenvalue weighted by molar-refractivity contribution is -0.384. The summed E-state index contributed by atoms with van der Waals surface area (Å²) in [6.45, 7) is 0. The fourth-order valence-corrected chi connectivity index (χ4v) is 2.24. The molecule has 0 aliphatic carbocycles. The Morgan fingerprint density at radius 2 is 2.08 bits per heavy atom. The number of benzene rings is 1. The second kappa shape index (κ2) is 6.83. The molecule has 2 heterocycles. The molecule has 0 saturated carbocycles. The molecule has 0 radical (unpaired) electrons. The predicted octanol–water partition coefficient (Wildman–Crippen LogP) is 2.33. The Kier molecular flexibility index (Phi) is 4.42. The Balaban J connectivity index is 2.10. The molecule has 0 fully saturated rings. The van der Waals surface area contributed by atoms with Gasteiger partial charge in [-0.1, -0.05) is 0 Å². The van der Waals surface area contributed by atoms with E-state index < -0.39 is 4.92 Å². The van der Waals surface area contributed by atoms with Crippen LogP contribution in [0.2, 0.25) is 0 Å². The number of methoxy groups -OCH3 is 2. The van der Waals surface area contributed by atoms with Gasteiger partial charge in [0.15, 0.2) is 0 Å². The van der Waals surface area contributed by atoms with Crippen molar-refractivity contribution in [1.29, 1.82) is 0 Å². The Morgan fingerprint density at radius 1 is 1.24 bits per heavy atom. The van der Waals surface area contributed by atoms with E-state index in [0.29, 0.717) is 17.2 Å². The Bertz CT molecular complexity index is 897. The van der Waals surface area contributed by atoms with E-state index in [2.05, 4.69) is 20.3 Å². The number of nitrogens with one attached hydrogen (secondary N) is 1. The minimum Gasteiger partial charge on any atom is -0.497 e. The van der Waals surface area contributed by atoms with Gasteiger partial charge in [0.05, 0.1) is 24.8 Å². The van der Waals surface area contributed by atoms with Crippen LogP contribution in [0.25, 0.3) is 5.82 Å². The van der Waals surface area contributed by atoms with Gasteiger partial charge in [0.25, 0.3) is 0 Å². The monoisotopic (exact) mass is 342 g/mol. The van der Waals surface area contributed by atoms with Gasteiger partial charge in [0, 0.05) is 18.5 Å². The largest absolute Gasteiger partial charge is 0.497 e. The third kappa shape index (κ3) is 3.17. The minimum absolute atomic E-state index is 0.0234. The molecule has 0 unspecified atom stereocenters. The van der Waals surface area contributed by atoms with Crippen LogP contribution >= 0.6 is 0 Å². The van der Waals surface area contributed by atoms with Crippen molar-refractivity contribution in [2.45, 2.75) is 0 Å². The quantitative estimate of drug-likeness (QED) is 0.536. The summed E-state index contributed by atoms with van der Waals surface area (Å²) < 4.78 is 11.9. The lowest BCUT2D eigenvalue weighted by Gasteiger charge is -2.13. The van der Waals surface area contributed by atoms with Crippen molar-refractivity contribution in [2.75, 3.05) is 19.5 Å². The van der Waals surface area contributed by atoms with Gasteiger partial charge in [-0.3, -0.25) is 14.7 Å². The van der Waals surface area contributed by atoms with Gasteiger partial charge in [-0.05, 0) is 12.1 Å². The number of hydrogen-bond donors (Lipinski definition) is 1. The van der Waals surface area contributed by atoms with Gasteiger partial charge in [-0.2, -0.15) is 0 Å². The van der Waals surface area contributed by atoms with E-state index in [-0.39, 0.29) is 17.3 Å². The molecule has 1 N–H and O–H groups in total. The first-order chi connectivity index (χ1) is 12.1. The molecule has 0 spiro atoms. The van der Waals surface area contributed by atoms with Crippen LogP contribution in [-0.2, 0) is 0 Å². The Morgan fingerprint density at radius 3 is 2.72 bits per heavy atom. The average molecular weight is 342 g/mol. The standard InChI is InChI=1S/C15H14N6O4/c1-24-10-3-4-12(25-2)11(7-10)19-14-13(21(22)23)15(18-8-17-14)20-6-5-16-9-20/h3-9H,1-2H3,(H,17,18,19). The summed E-state index contributed by atoms with van der Waals surface area (Å²) in [5.74, 6) is 1.17. The van der Waals surface area contributed by atoms with Crippen molar-refractivity contribution in [3.8, 4) is 17.3 Å². The molecular weight excluding hydrogens is 328 g/mol. The first kappa shape index (κ1) is 16.2. The summed E-state index contributed by atoms with van der Waals surface area (Å²) in [7, 11) is 3.02. The van der Waals surface area contributed by atoms with Gasteiger partial charge in [-0.25, -0.2) is 15.0 Å². The molecule has 0 amide bonds. The summed E-state index contributed by atoms with van der Waals surface area (Å²) >= 11 is 0. The summed E-state index contributed by atoms with van der Waals surface area (Å²) in [6, 6.07) is 5.06. The van der Waals surface area contributed by atoms with Crippen molar-refractivity contribution in [3.63, 3.8) is 0 Å². The zero-order chi connectivity index (χ0) is 17.8. The summed E-state index contributed by atoms with van der Waals surface area (Å²) in [6.07, 6.45) is 5.72.